The molecule has 0 spiro atoms. The molecule has 1 aliphatic carbocycles. The van der Waals surface area contributed by atoms with Crippen LogP contribution in [0.3, 0.4) is 0 Å². The van der Waals surface area contributed by atoms with Crippen LogP contribution in [-0.4, -0.2) is 16.9 Å². The lowest BCUT2D eigenvalue weighted by Gasteiger charge is -2.33. The van der Waals surface area contributed by atoms with Crippen LogP contribution in [-0.2, 0) is 9.59 Å². The second-order valence-corrected chi connectivity index (χ2v) is 5.04. The Kier molecular flexibility index (Phi) is 3.29. The summed E-state index contributed by atoms with van der Waals surface area (Å²) < 4.78 is 0. The van der Waals surface area contributed by atoms with Gasteiger partial charge < -0.3 is 5.11 Å². The molecule has 1 fully saturated rings. The summed E-state index contributed by atoms with van der Waals surface area (Å²) in [6.45, 7) is 4.45. The predicted molar refractivity (Wildman–Crippen MR) is 53.0 cm³/mol. The number of carbonyl (C=O) groups is 2. The van der Waals surface area contributed by atoms with Crippen molar-refractivity contribution in [2.45, 2.75) is 46.0 Å². The van der Waals surface area contributed by atoms with Crippen molar-refractivity contribution in [2.24, 2.45) is 11.3 Å². The molecule has 0 radical (unpaired) electrons. The lowest BCUT2D eigenvalue weighted by atomic mass is 9.72. The fourth-order valence-corrected chi connectivity index (χ4v) is 2.01. The number of Topliss-reactive ketones (excluding diaryl/α,β-unsaturated/α-hetero) is 1. The minimum atomic E-state index is -1.28. The van der Waals surface area contributed by atoms with Crippen molar-refractivity contribution in [2.75, 3.05) is 0 Å². The van der Waals surface area contributed by atoms with Crippen LogP contribution in [0.25, 0.3) is 0 Å². The van der Waals surface area contributed by atoms with Gasteiger partial charge in [0.15, 0.2) is 0 Å². The summed E-state index contributed by atoms with van der Waals surface area (Å²) in [5, 5.41) is 8.47. The molecule has 14 heavy (non-hydrogen) atoms. The zero-order chi connectivity index (χ0) is 10.8. The highest BCUT2D eigenvalue weighted by atomic mass is 16.4. The largest absolute Gasteiger partial charge is 0.476 e. The standard InChI is InChI=1S/C11H18O3/c1-11(2)5-3-8(4-6-11)7-9(12)10(13)14/h8H,3-7H2,1-2H3,(H,13,14). The van der Waals surface area contributed by atoms with Crippen LogP contribution < -0.4 is 0 Å². The van der Waals surface area contributed by atoms with Crippen molar-refractivity contribution in [3.8, 4) is 0 Å². The zero-order valence-corrected chi connectivity index (χ0v) is 8.88. The van der Waals surface area contributed by atoms with Gasteiger partial charge >= 0.3 is 5.97 Å². The van der Waals surface area contributed by atoms with Crippen LogP contribution in [0.1, 0.15) is 46.0 Å². The van der Waals surface area contributed by atoms with Gasteiger partial charge in [-0.25, -0.2) is 4.79 Å². The van der Waals surface area contributed by atoms with E-state index < -0.39 is 11.8 Å². The third kappa shape index (κ3) is 3.13. The summed E-state index contributed by atoms with van der Waals surface area (Å²) in [6, 6.07) is 0. The maximum atomic E-state index is 11.0. The molecule has 1 N–H and O–H groups in total. The van der Waals surface area contributed by atoms with Crippen molar-refractivity contribution >= 4 is 11.8 Å². The Balaban J connectivity index is 2.36. The van der Waals surface area contributed by atoms with E-state index in [0.717, 1.165) is 25.7 Å². The first-order chi connectivity index (χ1) is 6.41. The third-order valence-electron chi connectivity index (χ3n) is 3.17. The van der Waals surface area contributed by atoms with Crippen LogP contribution in [0, 0.1) is 11.3 Å². The zero-order valence-electron chi connectivity index (χ0n) is 8.88. The number of rotatable bonds is 3. The number of carboxylic acid groups (broad SMARTS) is 1. The van der Waals surface area contributed by atoms with E-state index in [9.17, 15) is 9.59 Å². The topological polar surface area (TPSA) is 54.4 Å². The molecule has 0 aromatic carbocycles. The third-order valence-corrected chi connectivity index (χ3v) is 3.17. The number of aliphatic carboxylic acids is 1. The van der Waals surface area contributed by atoms with Gasteiger partial charge in [-0.15, -0.1) is 0 Å². The molecule has 3 heteroatoms. The minimum absolute atomic E-state index is 0.228. The Labute approximate surface area is 84.5 Å². The Morgan fingerprint density at radius 3 is 2.21 bits per heavy atom. The molecule has 1 aliphatic rings. The van der Waals surface area contributed by atoms with Gasteiger partial charge in [0.25, 0.3) is 0 Å². The van der Waals surface area contributed by atoms with Gasteiger partial charge in [-0.3, -0.25) is 4.79 Å². The molecule has 80 valence electrons. The average Bonchev–Trinajstić information content (AvgIpc) is 2.08. The van der Waals surface area contributed by atoms with Crippen molar-refractivity contribution in [1.82, 2.24) is 0 Å². The Morgan fingerprint density at radius 1 is 1.29 bits per heavy atom. The normalized spacial score (nSPS) is 21.9. The highest BCUT2D eigenvalue weighted by Crippen LogP contribution is 2.39. The van der Waals surface area contributed by atoms with Gasteiger partial charge in [0.1, 0.15) is 0 Å². The van der Waals surface area contributed by atoms with E-state index in [2.05, 4.69) is 13.8 Å². The molecule has 0 atom stereocenters. The van der Waals surface area contributed by atoms with E-state index >= 15 is 0 Å². The first kappa shape index (κ1) is 11.2. The molecule has 0 aliphatic heterocycles. The molecule has 0 aromatic rings. The molecule has 0 bridgehead atoms. The smallest absolute Gasteiger partial charge is 0.372 e. The highest BCUT2D eigenvalue weighted by Gasteiger charge is 2.29. The van der Waals surface area contributed by atoms with Gasteiger partial charge in [0, 0.05) is 6.42 Å². The molecule has 0 unspecified atom stereocenters. The van der Waals surface area contributed by atoms with E-state index in [1.165, 1.54) is 0 Å². The number of carbonyl (C=O) groups excluding carboxylic acids is 1. The van der Waals surface area contributed by atoms with Crippen molar-refractivity contribution in [3.05, 3.63) is 0 Å². The van der Waals surface area contributed by atoms with E-state index in [1.807, 2.05) is 0 Å². The summed E-state index contributed by atoms with van der Waals surface area (Å²) in [4.78, 5) is 21.3. The molecule has 0 saturated heterocycles. The molecule has 1 rings (SSSR count). The van der Waals surface area contributed by atoms with Crippen LogP contribution >= 0.6 is 0 Å². The van der Waals surface area contributed by atoms with Crippen LogP contribution in [0.5, 0.6) is 0 Å². The maximum absolute atomic E-state index is 11.0. The Bertz CT molecular complexity index is 233. The molecule has 0 amide bonds. The Hall–Kier alpha value is -0.860. The summed E-state index contributed by atoms with van der Waals surface area (Å²) in [7, 11) is 0. The van der Waals surface area contributed by atoms with Crippen LogP contribution in [0.15, 0.2) is 0 Å². The van der Waals surface area contributed by atoms with Gasteiger partial charge in [-0.05, 0) is 37.0 Å². The summed E-state index contributed by atoms with van der Waals surface area (Å²) in [5.41, 5.74) is 0.378. The SMILES string of the molecule is CC1(C)CCC(CC(=O)C(=O)O)CC1. The molecule has 0 aromatic heterocycles. The first-order valence-corrected chi connectivity index (χ1v) is 5.17. The Morgan fingerprint density at radius 2 is 1.79 bits per heavy atom. The maximum Gasteiger partial charge on any atom is 0.372 e. The van der Waals surface area contributed by atoms with Gasteiger partial charge in [-0.2, -0.15) is 0 Å². The van der Waals surface area contributed by atoms with E-state index in [4.69, 9.17) is 5.11 Å². The number of hydrogen-bond acceptors (Lipinski definition) is 2. The van der Waals surface area contributed by atoms with Gasteiger partial charge in [0.2, 0.25) is 5.78 Å². The van der Waals surface area contributed by atoms with Crippen molar-refractivity contribution in [3.63, 3.8) is 0 Å². The second kappa shape index (κ2) is 4.11. The summed E-state index contributed by atoms with van der Waals surface area (Å²) in [6.07, 6.45) is 4.42. The van der Waals surface area contributed by atoms with Crippen molar-refractivity contribution in [1.29, 1.82) is 0 Å². The van der Waals surface area contributed by atoms with Gasteiger partial charge in [0.05, 0.1) is 0 Å². The average molecular weight is 198 g/mol. The fourth-order valence-electron chi connectivity index (χ4n) is 2.01. The lowest BCUT2D eigenvalue weighted by molar-refractivity contribution is -0.149. The van der Waals surface area contributed by atoms with E-state index in [1.54, 1.807) is 0 Å². The molecular weight excluding hydrogens is 180 g/mol. The predicted octanol–water partition coefficient (Wildman–Crippen LogP) is 2.25. The van der Waals surface area contributed by atoms with Gasteiger partial charge in [-0.1, -0.05) is 13.8 Å². The van der Waals surface area contributed by atoms with Crippen LogP contribution in [0.2, 0.25) is 0 Å². The summed E-state index contributed by atoms with van der Waals surface area (Å²) in [5.74, 6) is -1.61. The van der Waals surface area contributed by atoms with Crippen LogP contribution in [0.4, 0.5) is 0 Å². The monoisotopic (exact) mass is 198 g/mol. The lowest BCUT2D eigenvalue weighted by Crippen LogP contribution is -2.24. The quantitative estimate of drug-likeness (QED) is 0.707. The molecular formula is C11H18O3. The minimum Gasteiger partial charge on any atom is -0.476 e. The highest BCUT2D eigenvalue weighted by molar-refractivity contribution is 6.32. The number of hydrogen-bond donors (Lipinski definition) is 1. The van der Waals surface area contributed by atoms with Crippen molar-refractivity contribution < 1.29 is 14.7 Å². The molecule has 1 saturated carbocycles. The number of ketones is 1. The van der Waals surface area contributed by atoms with E-state index in [0.29, 0.717) is 11.3 Å². The second-order valence-electron chi connectivity index (χ2n) is 5.04. The fraction of sp³-hybridized carbons (Fsp3) is 0.818. The summed E-state index contributed by atoms with van der Waals surface area (Å²) >= 11 is 0. The molecule has 3 nitrogen and oxygen atoms in total. The molecule has 0 heterocycles. The number of carboxylic acids is 1. The van der Waals surface area contributed by atoms with E-state index in [-0.39, 0.29) is 6.42 Å². The first-order valence-electron chi connectivity index (χ1n) is 5.17.